The molecular weight excluding hydrogens is 669 g/mol. The highest BCUT2D eigenvalue weighted by molar-refractivity contribution is 7.26. The lowest BCUT2D eigenvalue weighted by atomic mass is 10.0. The van der Waals surface area contributed by atoms with Gasteiger partial charge in [0.25, 0.3) is 0 Å². The van der Waals surface area contributed by atoms with E-state index in [0.29, 0.717) is 0 Å². The molecule has 0 spiro atoms. The van der Waals surface area contributed by atoms with Crippen LogP contribution in [0.5, 0.6) is 0 Å². The SMILES string of the molecule is c1ccc(N(c2ccc(-c3cc(-n4c5ccccc5c5ccccc54)cc4c3sc3ccccc34)cc2)c2ccc3c(c2)sc2ccccc23)cc1. The molecule has 0 aliphatic carbocycles. The monoisotopic (exact) mass is 698 g/mol. The molecule has 0 saturated heterocycles. The largest absolute Gasteiger partial charge is 0.310 e. The molecule has 244 valence electrons. The minimum Gasteiger partial charge on any atom is -0.310 e. The Bertz CT molecular complexity index is 3080. The summed E-state index contributed by atoms with van der Waals surface area (Å²) in [4.78, 5) is 2.37. The summed E-state index contributed by atoms with van der Waals surface area (Å²) >= 11 is 3.74. The van der Waals surface area contributed by atoms with E-state index in [1.54, 1.807) is 0 Å². The number of benzene rings is 8. The van der Waals surface area contributed by atoms with E-state index in [1.165, 1.54) is 79.0 Å². The highest BCUT2D eigenvalue weighted by Crippen LogP contribution is 2.45. The summed E-state index contributed by atoms with van der Waals surface area (Å²) in [6.45, 7) is 0. The number of fused-ring (bicyclic) bond motifs is 9. The van der Waals surface area contributed by atoms with Gasteiger partial charge in [-0.3, -0.25) is 0 Å². The van der Waals surface area contributed by atoms with Gasteiger partial charge in [-0.1, -0.05) is 109 Å². The minimum atomic E-state index is 1.13. The summed E-state index contributed by atoms with van der Waals surface area (Å²) in [7, 11) is 0. The molecule has 0 N–H and O–H groups in total. The van der Waals surface area contributed by atoms with Crippen molar-refractivity contribution in [2.24, 2.45) is 0 Å². The molecule has 0 amide bonds. The molecule has 0 fully saturated rings. The summed E-state index contributed by atoms with van der Waals surface area (Å²) in [5.74, 6) is 0. The normalized spacial score (nSPS) is 11.8. The number of thiophene rings is 2. The fourth-order valence-corrected chi connectivity index (χ4v) is 10.4. The van der Waals surface area contributed by atoms with E-state index in [0.717, 1.165) is 17.1 Å². The molecule has 3 aromatic heterocycles. The Hall–Kier alpha value is -6.20. The molecule has 2 nitrogen and oxygen atoms in total. The minimum absolute atomic E-state index is 1.13. The Kier molecular flexibility index (Phi) is 6.63. The van der Waals surface area contributed by atoms with Crippen LogP contribution in [0.2, 0.25) is 0 Å². The first-order chi connectivity index (χ1) is 25.8. The number of hydrogen-bond donors (Lipinski definition) is 0. The number of anilines is 3. The second kappa shape index (κ2) is 11.7. The van der Waals surface area contributed by atoms with Crippen LogP contribution in [0.1, 0.15) is 0 Å². The van der Waals surface area contributed by atoms with Crippen molar-refractivity contribution in [3.8, 4) is 16.8 Å². The maximum absolute atomic E-state index is 2.44. The smallest absolute Gasteiger partial charge is 0.0541 e. The molecule has 0 bridgehead atoms. The molecule has 3 heterocycles. The maximum Gasteiger partial charge on any atom is 0.0541 e. The molecule has 0 radical (unpaired) electrons. The molecule has 0 aliphatic heterocycles. The van der Waals surface area contributed by atoms with E-state index in [4.69, 9.17) is 0 Å². The third-order valence-electron chi connectivity index (χ3n) is 10.4. The Labute approximate surface area is 308 Å². The predicted octanol–water partition coefficient (Wildman–Crippen LogP) is 14.7. The van der Waals surface area contributed by atoms with Crippen molar-refractivity contribution in [3.05, 3.63) is 182 Å². The molecule has 0 atom stereocenters. The van der Waals surface area contributed by atoms with Crippen LogP contribution >= 0.6 is 22.7 Å². The highest BCUT2D eigenvalue weighted by atomic mass is 32.1. The summed E-state index contributed by atoms with van der Waals surface area (Å²) < 4.78 is 7.68. The molecule has 0 aliphatic rings. The number of para-hydroxylation sites is 3. The number of nitrogens with zero attached hydrogens (tertiary/aromatic N) is 2. The maximum atomic E-state index is 2.44. The van der Waals surface area contributed by atoms with E-state index in [-0.39, 0.29) is 0 Å². The molecule has 0 unspecified atom stereocenters. The van der Waals surface area contributed by atoms with Crippen LogP contribution in [0, 0.1) is 0 Å². The Balaban J connectivity index is 1.10. The molecule has 0 saturated carbocycles. The fourth-order valence-electron chi connectivity index (χ4n) is 8.02. The van der Waals surface area contributed by atoms with Crippen molar-refractivity contribution in [1.29, 1.82) is 0 Å². The quantitative estimate of drug-likeness (QED) is 0.174. The highest BCUT2D eigenvalue weighted by Gasteiger charge is 2.19. The first-order valence-electron chi connectivity index (χ1n) is 17.6. The lowest BCUT2D eigenvalue weighted by Crippen LogP contribution is -2.09. The fraction of sp³-hybridized carbons (Fsp3) is 0. The van der Waals surface area contributed by atoms with Gasteiger partial charge < -0.3 is 9.47 Å². The topological polar surface area (TPSA) is 8.17 Å². The number of hydrogen-bond acceptors (Lipinski definition) is 3. The van der Waals surface area contributed by atoms with E-state index < -0.39 is 0 Å². The zero-order valence-corrected chi connectivity index (χ0v) is 29.7. The lowest BCUT2D eigenvalue weighted by molar-refractivity contribution is 1.19. The van der Waals surface area contributed by atoms with Gasteiger partial charge in [-0.05, 0) is 78.4 Å². The third-order valence-corrected chi connectivity index (χ3v) is 12.7. The lowest BCUT2D eigenvalue weighted by Gasteiger charge is -2.26. The van der Waals surface area contributed by atoms with Crippen LogP contribution in [0.4, 0.5) is 17.1 Å². The van der Waals surface area contributed by atoms with Gasteiger partial charge in [-0.25, -0.2) is 0 Å². The van der Waals surface area contributed by atoms with E-state index in [9.17, 15) is 0 Å². The van der Waals surface area contributed by atoms with Crippen LogP contribution in [0.15, 0.2) is 182 Å². The van der Waals surface area contributed by atoms with Gasteiger partial charge in [0.1, 0.15) is 0 Å². The Morgan fingerprint density at radius 3 is 1.62 bits per heavy atom. The molecule has 52 heavy (non-hydrogen) atoms. The van der Waals surface area contributed by atoms with Gasteiger partial charge in [-0.2, -0.15) is 0 Å². The second-order valence-electron chi connectivity index (χ2n) is 13.3. The second-order valence-corrected chi connectivity index (χ2v) is 15.5. The first-order valence-corrected chi connectivity index (χ1v) is 19.2. The van der Waals surface area contributed by atoms with E-state index in [2.05, 4.69) is 191 Å². The average Bonchev–Trinajstić information content (AvgIpc) is 3.88. The van der Waals surface area contributed by atoms with Gasteiger partial charge in [0, 0.05) is 79.4 Å². The molecule has 11 rings (SSSR count). The first kappa shape index (κ1) is 29.5. The zero-order chi connectivity index (χ0) is 34.2. The average molecular weight is 699 g/mol. The van der Waals surface area contributed by atoms with E-state index in [1.807, 2.05) is 22.7 Å². The van der Waals surface area contributed by atoms with Gasteiger partial charge in [0.15, 0.2) is 0 Å². The summed E-state index contributed by atoms with van der Waals surface area (Å²) in [5.41, 5.74) is 9.48. The van der Waals surface area contributed by atoms with Crippen molar-refractivity contribution in [1.82, 2.24) is 4.57 Å². The predicted molar refractivity (Wildman–Crippen MR) is 227 cm³/mol. The number of aromatic nitrogens is 1. The van der Waals surface area contributed by atoms with Crippen molar-refractivity contribution in [2.45, 2.75) is 0 Å². The molecule has 8 aromatic carbocycles. The van der Waals surface area contributed by atoms with Gasteiger partial charge in [0.2, 0.25) is 0 Å². The van der Waals surface area contributed by atoms with Crippen LogP contribution < -0.4 is 4.90 Å². The van der Waals surface area contributed by atoms with Gasteiger partial charge >= 0.3 is 0 Å². The Morgan fingerprint density at radius 2 is 0.904 bits per heavy atom. The molecular formula is C48H30N2S2. The van der Waals surface area contributed by atoms with Crippen LogP contribution in [0.25, 0.3) is 79.0 Å². The van der Waals surface area contributed by atoms with Crippen LogP contribution in [-0.2, 0) is 0 Å². The molecule has 4 heteroatoms. The third kappa shape index (κ3) is 4.55. The standard InChI is InChI=1S/C48H30N2S2/c1-2-12-32(13-3-1)49(34-26-27-40-38-16-6-10-20-45(38)51-47(40)30-34)33-24-22-31(23-25-33)41-28-35(29-42-39-17-7-11-21-46(39)52-48(41)42)50-43-18-8-4-14-36(43)37-15-5-9-19-44(37)50/h1-30H. The zero-order valence-electron chi connectivity index (χ0n) is 28.0. The van der Waals surface area contributed by atoms with Crippen LogP contribution in [0.3, 0.4) is 0 Å². The van der Waals surface area contributed by atoms with Crippen LogP contribution in [-0.4, -0.2) is 4.57 Å². The van der Waals surface area contributed by atoms with Gasteiger partial charge in [-0.15, -0.1) is 22.7 Å². The van der Waals surface area contributed by atoms with Crippen molar-refractivity contribution >= 4 is 102 Å². The summed E-state index contributed by atoms with van der Waals surface area (Å²) in [5, 5.41) is 7.77. The summed E-state index contributed by atoms with van der Waals surface area (Å²) in [6.07, 6.45) is 0. The molecule has 11 aromatic rings. The van der Waals surface area contributed by atoms with Crippen molar-refractivity contribution < 1.29 is 0 Å². The van der Waals surface area contributed by atoms with Crippen molar-refractivity contribution in [2.75, 3.05) is 4.90 Å². The van der Waals surface area contributed by atoms with E-state index >= 15 is 0 Å². The summed E-state index contributed by atoms with van der Waals surface area (Å²) in [6, 6.07) is 66.6. The van der Waals surface area contributed by atoms with Gasteiger partial charge in [0.05, 0.1) is 11.0 Å². The van der Waals surface area contributed by atoms with Crippen molar-refractivity contribution in [3.63, 3.8) is 0 Å². The number of rotatable bonds is 5. The Morgan fingerprint density at radius 1 is 0.365 bits per heavy atom.